The summed E-state index contributed by atoms with van der Waals surface area (Å²) in [5, 5.41) is -0.596. The maximum absolute atomic E-state index is 11.9. The highest BCUT2D eigenvalue weighted by molar-refractivity contribution is 7.38. The summed E-state index contributed by atoms with van der Waals surface area (Å²) < 4.78 is 12.4. The molecule has 0 aliphatic carbocycles. The Hall–Kier alpha value is -0.240. The summed E-state index contributed by atoms with van der Waals surface area (Å²) in [7, 11) is 3.62. The van der Waals surface area contributed by atoms with Crippen LogP contribution in [0, 0.1) is 0 Å². The molecule has 0 aliphatic heterocycles. The molecule has 0 aromatic carbocycles. The van der Waals surface area contributed by atoms with E-state index in [-0.39, 0.29) is 0 Å². The Balaban J connectivity index is 3.69. The smallest absolute Gasteiger partial charge is 0.376 e. The topological polar surface area (TPSA) is 40.1 Å². The van der Waals surface area contributed by atoms with Crippen molar-refractivity contribution in [2.24, 2.45) is 0 Å². The van der Waals surface area contributed by atoms with E-state index in [4.69, 9.17) is 0 Å². The Morgan fingerprint density at radius 1 is 0.808 bits per heavy atom. The summed E-state index contributed by atoms with van der Waals surface area (Å²) >= 11 is 0. The van der Waals surface area contributed by atoms with Crippen molar-refractivity contribution in [3.05, 3.63) is 12.2 Å². The number of hydrogen-bond acceptors (Lipinski definition) is 2. The summed E-state index contributed by atoms with van der Waals surface area (Å²) in [6.07, 6.45) is 21.3. The maximum Gasteiger partial charge on any atom is 0.376 e. The Morgan fingerprint density at radius 3 is 1.65 bits per heavy atom. The number of hydrogen-bond donors (Lipinski definition) is 0. The molecule has 26 heavy (non-hydrogen) atoms. The van der Waals surface area contributed by atoms with E-state index >= 15 is 0 Å². The lowest BCUT2D eigenvalue weighted by Gasteiger charge is -2.39. The van der Waals surface area contributed by atoms with Crippen LogP contribution in [0.15, 0.2) is 12.2 Å². The number of allylic oxidation sites excluding steroid dienone is 2. The number of unbranched alkanes of at least 4 members (excludes halogenated alkanes) is 10. The maximum atomic E-state index is 11.9. The second kappa shape index (κ2) is 14.8. The van der Waals surface area contributed by atoms with E-state index in [9.17, 15) is 9.46 Å². The Labute approximate surface area is 164 Å². The molecule has 0 bridgehead atoms. The highest BCUT2D eigenvalue weighted by atomic mass is 31.1. The SMILES string of the molecule is CC/C=C\CCCCCCCCCCCCC(CC)([P+](=O)[O-])[N+](C)(C)C. The van der Waals surface area contributed by atoms with Gasteiger partial charge in [-0.1, -0.05) is 81.9 Å². The molecule has 3 nitrogen and oxygen atoms in total. The first-order valence-electron chi connectivity index (χ1n) is 10.9. The number of rotatable bonds is 17. The molecule has 2 unspecified atom stereocenters. The van der Waals surface area contributed by atoms with Gasteiger partial charge in [0, 0.05) is 12.8 Å². The van der Waals surface area contributed by atoms with Crippen molar-refractivity contribution in [1.82, 2.24) is 0 Å². The van der Waals surface area contributed by atoms with E-state index in [0.717, 1.165) is 25.7 Å². The molecule has 2 atom stereocenters. The van der Waals surface area contributed by atoms with Crippen molar-refractivity contribution in [3.63, 3.8) is 0 Å². The van der Waals surface area contributed by atoms with Gasteiger partial charge in [0.1, 0.15) is 0 Å². The average molecular weight is 387 g/mol. The molecule has 0 spiro atoms. The van der Waals surface area contributed by atoms with Crippen molar-refractivity contribution >= 4 is 8.03 Å². The lowest BCUT2D eigenvalue weighted by Crippen LogP contribution is -2.55. The van der Waals surface area contributed by atoms with Crippen LogP contribution in [-0.4, -0.2) is 30.9 Å². The second-order valence-electron chi connectivity index (χ2n) is 8.56. The Morgan fingerprint density at radius 2 is 1.27 bits per heavy atom. The second-order valence-corrected chi connectivity index (χ2v) is 9.91. The molecule has 0 aromatic heterocycles. The van der Waals surface area contributed by atoms with E-state index in [1.807, 2.05) is 28.1 Å². The van der Waals surface area contributed by atoms with Crippen LogP contribution in [0.25, 0.3) is 0 Å². The molecular formula is C22H45NO2P+. The van der Waals surface area contributed by atoms with E-state index in [0.29, 0.717) is 10.9 Å². The fraction of sp³-hybridized carbons (Fsp3) is 0.909. The van der Waals surface area contributed by atoms with Crippen molar-refractivity contribution in [2.45, 2.75) is 109 Å². The molecule has 154 valence electrons. The van der Waals surface area contributed by atoms with Crippen molar-refractivity contribution in [1.29, 1.82) is 0 Å². The molecule has 0 amide bonds. The van der Waals surface area contributed by atoms with Gasteiger partial charge in [0.25, 0.3) is 5.28 Å². The van der Waals surface area contributed by atoms with Gasteiger partial charge in [0.05, 0.1) is 21.1 Å². The van der Waals surface area contributed by atoms with Gasteiger partial charge in [-0.15, -0.1) is 0 Å². The average Bonchev–Trinajstić information content (AvgIpc) is 2.57. The van der Waals surface area contributed by atoms with Gasteiger partial charge in [-0.25, -0.2) is 0 Å². The monoisotopic (exact) mass is 386 g/mol. The number of nitrogens with zero attached hydrogens (tertiary/aromatic N) is 1. The fourth-order valence-electron chi connectivity index (χ4n) is 3.82. The first kappa shape index (κ1) is 25.8. The van der Waals surface area contributed by atoms with Crippen LogP contribution in [0.1, 0.15) is 104 Å². The molecule has 0 rings (SSSR count). The summed E-state index contributed by atoms with van der Waals surface area (Å²) in [6.45, 7) is 4.19. The Bertz CT molecular complexity index is 390. The summed E-state index contributed by atoms with van der Waals surface area (Å²) in [6, 6.07) is 0. The van der Waals surface area contributed by atoms with Gasteiger partial charge in [0.2, 0.25) is 0 Å². The van der Waals surface area contributed by atoms with Gasteiger partial charge in [-0.05, 0) is 25.7 Å². The molecule has 0 aliphatic rings. The molecule has 0 saturated heterocycles. The molecule has 0 aromatic rings. The highest BCUT2D eigenvalue weighted by Gasteiger charge is 2.52. The van der Waals surface area contributed by atoms with Crippen molar-refractivity contribution < 1.29 is 13.9 Å². The molecule has 0 radical (unpaired) electrons. The predicted octanol–water partition coefficient (Wildman–Crippen LogP) is 6.55. The van der Waals surface area contributed by atoms with Crippen LogP contribution < -0.4 is 4.89 Å². The number of quaternary nitrogens is 1. The lowest BCUT2D eigenvalue weighted by molar-refractivity contribution is -0.910. The van der Waals surface area contributed by atoms with Crippen molar-refractivity contribution in [2.75, 3.05) is 21.1 Å². The third kappa shape index (κ3) is 10.2. The van der Waals surface area contributed by atoms with E-state index in [2.05, 4.69) is 19.1 Å². The lowest BCUT2D eigenvalue weighted by atomic mass is 10.0. The van der Waals surface area contributed by atoms with Crippen LogP contribution in [-0.2, 0) is 4.57 Å². The molecule has 0 fully saturated rings. The normalized spacial score (nSPS) is 15.4. The van der Waals surface area contributed by atoms with Crippen LogP contribution in [0.2, 0.25) is 0 Å². The summed E-state index contributed by atoms with van der Waals surface area (Å²) in [5.41, 5.74) is 0. The Kier molecular flexibility index (Phi) is 14.6. The van der Waals surface area contributed by atoms with Crippen molar-refractivity contribution in [3.8, 4) is 0 Å². The molecule has 4 heteroatoms. The summed E-state index contributed by atoms with van der Waals surface area (Å²) in [5.74, 6) is 0. The third-order valence-corrected chi connectivity index (χ3v) is 7.57. The largest absolute Gasteiger partial charge is 0.590 e. The van der Waals surface area contributed by atoms with E-state index in [1.54, 1.807) is 0 Å². The fourth-order valence-corrected chi connectivity index (χ4v) is 4.91. The quantitative estimate of drug-likeness (QED) is 0.123. The standard InChI is InChI=1S/C22H45NO2P/c1-6-8-9-10-11-12-13-14-15-16-17-18-19-20-21-22(7-2,26(24)25)23(3,4)5/h8-9H,6-7,10-21H2,1-5H3/q+1/b9-8-. The zero-order valence-electron chi connectivity index (χ0n) is 18.3. The molecule has 0 saturated carbocycles. The van der Waals surface area contributed by atoms with Crippen LogP contribution >= 0.6 is 8.03 Å². The molecule has 0 N–H and O–H groups in total. The molecule has 0 heterocycles. The van der Waals surface area contributed by atoms with E-state index < -0.39 is 13.3 Å². The first-order chi connectivity index (χ1) is 12.3. The minimum absolute atomic E-state index is 0.510. The third-order valence-electron chi connectivity index (χ3n) is 5.76. The van der Waals surface area contributed by atoms with E-state index in [1.165, 1.54) is 57.8 Å². The predicted molar refractivity (Wildman–Crippen MR) is 113 cm³/mol. The van der Waals surface area contributed by atoms with Crippen LogP contribution in [0.3, 0.4) is 0 Å². The molecular weight excluding hydrogens is 341 g/mol. The van der Waals surface area contributed by atoms with Gasteiger partial charge in [-0.2, -0.15) is 0 Å². The summed E-state index contributed by atoms with van der Waals surface area (Å²) in [4.78, 5) is 11.9. The van der Waals surface area contributed by atoms with Gasteiger partial charge in [0.15, 0.2) is 0 Å². The zero-order valence-corrected chi connectivity index (χ0v) is 19.2. The van der Waals surface area contributed by atoms with Gasteiger partial charge >= 0.3 is 8.03 Å². The van der Waals surface area contributed by atoms with Gasteiger partial charge < -0.3 is 4.89 Å². The van der Waals surface area contributed by atoms with Gasteiger partial charge in [-0.3, -0.25) is 4.48 Å². The zero-order chi connectivity index (χ0) is 19.9. The first-order valence-corrected chi connectivity index (χ1v) is 12.1. The minimum atomic E-state index is -2.41. The highest BCUT2D eigenvalue weighted by Crippen LogP contribution is 2.44. The van der Waals surface area contributed by atoms with Crippen LogP contribution in [0.5, 0.6) is 0 Å². The van der Waals surface area contributed by atoms with Crippen LogP contribution in [0.4, 0.5) is 0 Å². The minimum Gasteiger partial charge on any atom is -0.590 e.